The van der Waals surface area contributed by atoms with Crippen LogP contribution in [-0.2, 0) is 6.54 Å². The molecular formula is C15H14N4O. The average Bonchev–Trinajstić information content (AvgIpc) is 2.90. The third kappa shape index (κ3) is 2.21. The molecule has 0 saturated heterocycles. The second kappa shape index (κ2) is 5.05. The second-order valence-electron chi connectivity index (χ2n) is 4.50. The fourth-order valence-electron chi connectivity index (χ4n) is 2.09. The van der Waals surface area contributed by atoms with E-state index in [1.165, 1.54) is 0 Å². The Labute approximate surface area is 115 Å². The minimum atomic E-state index is -0.217. The molecule has 20 heavy (non-hydrogen) atoms. The lowest BCUT2D eigenvalue weighted by molar-refractivity contribution is 0.0947. The van der Waals surface area contributed by atoms with E-state index < -0.39 is 0 Å². The van der Waals surface area contributed by atoms with Gasteiger partial charge in [-0.1, -0.05) is 36.4 Å². The summed E-state index contributed by atoms with van der Waals surface area (Å²) in [4.78, 5) is 12.2. The molecular weight excluding hydrogens is 252 g/mol. The molecule has 0 bridgehead atoms. The number of nitrogens with one attached hydrogen (secondary N) is 2. The fourth-order valence-corrected chi connectivity index (χ4v) is 2.09. The van der Waals surface area contributed by atoms with Crippen molar-refractivity contribution < 1.29 is 4.79 Å². The van der Waals surface area contributed by atoms with E-state index >= 15 is 0 Å². The minimum Gasteiger partial charge on any atom is -0.398 e. The maximum absolute atomic E-state index is 12.2. The highest BCUT2D eigenvalue weighted by atomic mass is 16.1. The van der Waals surface area contributed by atoms with Gasteiger partial charge in [-0.05, 0) is 17.7 Å². The third-order valence-corrected chi connectivity index (χ3v) is 3.18. The van der Waals surface area contributed by atoms with Crippen LogP contribution in [0.15, 0.2) is 48.5 Å². The molecule has 1 aromatic heterocycles. The van der Waals surface area contributed by atoms with Gasteiger partial charge < -0.3 is 11.1 Å². The van der Waals surface area contributed by atoms with Crippen molar-refractivity contribution in [1.82, 2.24) is 15.5 Å². The number of nitrogens with two attached hydrogens (primary N) is 1. The summed E-state index contributed by atoms with van der Waals surface area (Å²) in [6.07, 6.45) is 0. The van der Waals surface area contributed by atoms with E-state index in [4.69, 9.17) is 5.73 Å². The zero-order valence-corrected chi connectivity index (χ0v) is 10.8. The van der Waals surface area contributed by atoms with Crippen LogP contribution in [0.1, 0.15) is 16.1 Å². The first-order chi connectivity index (χ1) is 9.75. The first kappa shape index (κ1) is 12.2. The molecule has 0 aliphatic rings. The van der Waals surface area contributed by atoms with Crippen LogP contribution in [0, 0.1) is 0 Å². The van der Waals surface area contributed by atoms with Gasteiger partial charge in [-0.2, -0.15) is 5.10 Å². The van der Waals surface area contributed by atoms with Crippen LogP contribution in [0.2, 0.25) is 0 Å². The Morgan fingerprint density at radius 2 is 1.90 bits per heavy atom. The van der Waals surface area contributed by atoms with Gasteiger partial charge in [-0.25, -0.2) is 0 Å². The maximum atomic E-state index is 12.2. The average molecular weight is 266 g/mol. The molecule has 5 nitrogen and oxygen atoms in total. The number of H-pyrrole nitrogens is 1. The van der Waals surface area contributed by atoms with E-state index in [0.717, 1.165) is 16.5 Å². The van der Waals surface area contributed by atoms with E-state index in [2.05, 4.69) is 15.5 Å². The lowest BCUT2D eigenvalue weighted by Crippen LogP contribution is -2.23. The molecule has 3 rings (SSSR count). The van der Waals surface area contributed by atoms with Crippen molar-refractivity contribution in [1.29, 1.82) is 0 Å². The number of anilines is 1. The number of para-hydroxylation sites is 2. The number of amides is 1. The fraction of sp³-hybridized carbons (Fsp3) is 0.0667. The van der Waals surface area contributed by atoms with Gasteiger partial charge >= 0.3 is 0 Å². The first-order valence-electron chi connectivity index (χ1n) is 6.30. The summed E-state index contributed by atoms with van der Waals surface area (Å²) in [5, 5.41) is 10.5. The van der Waals surface area contributed by atoms with Gasteiger partial charge in [0.2, 0.25) is 0 Å². The summed E-state index contributed by atoms with van der Waals surface area (Å²) < 4.78 is 0. The Morgan fingerprint density at radius 1 is 1.15 bits per heavy atom. The summed E-state index contributed by atoms with van der Waals surface area (Å²) in [5.74, 6) is -0.217. The van der Waals surface area contributed by atoms with Crippen molar-refractivity contribution in [3.8, 4) is 0 Å². The van der Waals surface area contributed by atoms with E-state index in [9.17, 15) is 4.79 Å². The van der Waals surface area contributed by atoms with E-state index in [0.29, 0.717) is 17.9 Å². The van der Waals surface area contributed by atoms with Gasteiger partial charge in [0.05, 0.1) is 5.52 Å². The third-order valence-electron chi connectivity index (χ3n) is 3.18. The van der Waals surface area contributed by atoms with Crippen LogP contribution < -0.4 is 11.1 Å². The van der Waals surface area contributed by atoms with Crippen LogP contribution in [-0.4, -0.2) is 16.1 Å². The predicted molar refractivity (Wildman–Crippen MR) is 78.1 cm³/mol. The number of hydrogen-bond donors (Lipinski definition) is 3. The molecule has 0 saturated carbocycles. The molecule has 3 aromatic rings. The van der Waals surface area contributed by atoms with Crippen LogP contribution in [0.5, 0.6) is 0 Å². The summed E-state index contributed by atoms with van der Waals surface area (Å²) in [7, 11) is 0. The molecule has 100 valence electrons. The van der Waals surface area contributed by atoms with Gasteiger partial charge in [-0.3, -0.25) is 9.89 Å². The van der Waals surface area contributed by atoms with Gasteiger partial charge in [0.25, 0.3) is 5.91 Å². The molecule has 0 fully saturated rings. The SMILES string of the molecule is Nc1ccccc1CNC(=O)c1n[nH]c2ccccc12. The molecule has 0 spiro atoms. The zero-order chi connectivity index (χ0) is 13.9. The molecule has 4 N–H and O–H groups in total. The molecule has 1 amide bonds. The largest absolute Gasteiger partial charge is 0.398 e. The van der Waals surface area contributed by atoms with Crippen molar-refractivity contribution in [2.24, 2.45) is 0 Å². The highest BCUT2D eigenvalue weighted by Crippen LogP contribution is 2.15. The Kier molecular flexibility index (Phi) is 3.09. The number of benzene rings is 2. The molecule has 0 radical (unpaired) electrons. The summed E-state index contributed by atoms with van der Waals surface area (Å²) in [6.45, 7) is 0.382. The quantitative estimate of drug-likeness (QED) is 0.634. The topological polar surface area (TPSA) is 83.8 Å². The van der Waals surface area contributed by atoms with Crippen LogP contribution in [0.4, 0.5) is 5.69 Å². The van der Waals surface area contributed by atoms with Gasteiger partial charge in [0, 0.05) is 17.6 Å². The van der Waals surface area contributed by atoms with Crippen LogP contribution in [0.25, 0.3) is 10.9 Å². The Hall–Kier alpha value is -2.82. The Balaban J connectivity index is 1.79. The summed E-state index contributed by atoms with van der Waals surface area (Å²) in [6, 6.07) is 15.0. The molecule has 0 unspecified atom stereocenters. The van der Waals surface area contributed by atoms with Crippen molar-refractivity contribution >= 4 is 22.5 Å². The van der Waals surface area contributed by atoms with Gasteiger partial charge in [0.15, 0.2) is 5.69 Å². The Bertz CT molecular complexity index is 763. The monoisotopic (exact) mass is 266 g/mol. The predicted octanol–water partition coefficient (Wildman–Crippen LogP) is 2.08. The number of fused-ring (bicyclic) bond motifs is 1. The van der Waals surface area contributed by atoms with Gasteiger partial charge in [0.1, 0.15) is 0 Å². The summed E-state index contributed by atoms with van der Waals surface area (Å²) >= 11 is 0. The highest BCUT2D eigenvalue weighted by Gasteiger charge is 2.13. The first-order valence-corrected chi connectivity index (χ1v) is 6.30. The van der Waals surface area contributed by atoms with E-state index in [1.54, 1.807) is 0 Å². The molecule has 5 heteroatoms. The zero-order valence-electron chi connectivity index (χ0n) is 10.8. The highest BCUT2D eigenvalue weighted by molar-refractivity contribution is 6.04. The Morgan fingerprint density at radius 3 is 2.75 bits per heavy atom. The minimum absolute atomic E-state index is 0.217. The number of nitrogen functional groups attached to an aromatic ring is 1. The maximum Gasteiger partial charge on any atom is 0.272 e. The van der Waals surface area contributed by atoms with Crippen LogP contribution in [0.3, 0.4) is 0 Å². The van der Waals surface area contributed by atoms with Crippen molar-refractivity contribution in [2.75, 3.05) is 5.73 Å². The normalized spacial score (nSPS) is 10.6. The van der Waals surface area contributed by atoms with Gasteiger partial charge in [-0.15, -0.1) is 0 Å². The number of hydrogen-bond acceptors (Lipinski definition) is 3. The van der Waals surface area contributed by atoms with E-state index in [1.807, 2.05) is 48.5 Å². The number of rotatable bonds is 3. The molecule has 0 atom stereocenters. The second-order valence-corrected chi connectivity index (χ2v) is 4.50. The van der Waals surface area contributed by atoms with Crippen molar-refractivity contribution in [3.05, 3.63) is 59.8 Å². The lowest BCUT2D eigenvalue weighted by atomic mass is 10.1. The van der Waals surface area contributed by atoms with E-state index in [-0.39, 0.29) is 5.91 Å². The smallest absolute Gasteiger partial charge is 0.272 e. The molecule has 0 aliphatic heterocycles. The molecule has 1 heterocycles. The van der Waals surface area contributed by atoms with Crippen molar-refractivity contribution in [3.63, 3.8) is 0 Å². The van der Waals surface area contributed by atoms with Crippen LogP contribution >= 0.6 is 0 Å². The summed E-state index contributed by atoms with van der Waals surface area (Å²) in [5.41, 5.74) is 8.64. The number of aromatic amines is 1. The molecule has 2 aromatic carbocycles. The van der Waals surface area contributed by atoms with Crippen molar-refractivity contribution in [2.45, 2.75) is 6.54 Å². The number of nitrogens with zero attached hydrogens (tertiary/aromatic N) is 1. The standard InChI is InChI=1S/C15H14N4O/c16-12-7-3-1-5-10(12)9-17-15(20)14-11-6-2-4-8-13(11)18-19-14/h1-8H,9,16H2,(H,17,20)(H,18,19). The number of carbonyl (C=O) groups is 1. The number of carbonyl (C=O) groups excluding carboxylic acids is 1. The molecule has 0 aliphatic carbocycles. The number of aromatic nitrogens is 2. The lowest BCUT2D eigenvalue weighted by Gasteiger charge is -2.06.